The molecule has 0 amide bonds. The van der Waals surface area contributed by atoms with Crippen LogP contribution in [0.1, 0.15) is 30.6 Å². The Bertz CT molecular complexity index is 592. The number of rotatable bonds is 6. The molecule has 1 heterocycles. The molecule has 1 aromatic carbocycles. The lowest BCUT2D eigenvalue weighted by Crippen LogP contribution is -2.25. The molecule has 5 heteroatoms. The van der Waals surface area contributed by atoms with Crippen molar-refractivity contribution in [1.82, 2.24) is 10.3 Å². The second-order valence-electron chi connectivity index (χ2n) is 4.80. The van der Waals surface area contributed by atoms with Crippen molar-refractivity contribution < 1.29 is 4.39 Å². The number of halogens is 3. The van der Waals surface area contributed by atoms with E-state index in [0.29, 0.717) is 16.5 Å². The zero-order valence-electron chi connectivity index (χ0n) is 11.7. The van der Waals surface area contributed by atoms with Crippen molar-refractivity contribution in [3.63, 3.8) is 0 Å². The molecule has 0 aliphatic rings. The van der Waals surface area contributed by atoms with E-state index < -0.39 is 0 Å². The Morgan fingerprint density at radius 2 is 2.14 bits per heavy atom. The predicted molar refractivity (Wildman–Crippen MR) is 88.1 cm³/mol. The van der Waals surface area contributed by atoms with E-state index >= 15 is 0 Å². The number of hydrogen-bond donors (Lipinski definition) is 1. The number of nitrogens with zero attached hydrogens (tertiary/aromatic N) is 1. The summed E-state index contributed by atoms with van der Waals surface area (Å²) in [6, 6.07) is 9.14. The van der Waals surface area contributed by atoms with Crippen LogP contribution in [0.25, 0.3) is 0 Å². The van der Waals surface area contributed by atoms with Gasteiger partial charge in [0.2, 0.25) is 0 Å². The lowest BCUT2D eigenvalue weighted by Gasteiger charge is -2.20. The van der Waals surface area contributed by atoms with Crippen LogP contribution in [0.5, 0.6) is 0 Å². The van der Waals surface area contributed by atoms with Crippen molar-refractivity contribution >= 4 is 27.5 Å². The zero-order valence-corrected chi connectivity index (χ0v) is 14.1. The van der Waals surface area contributed by atoms with Crippen molar-refractivity contribution in [3.8, 4) is 0 Å². The molecule has 0 aliphatic carbocycles. The molecule has 21 heavy (non-hydrogen) atoms. The Morgan fingerprint density at radius 3 is 2.81 bits per heavy atom. The van der Waals surface area contributed by atoms with Gasteiger partial charge in [0.25, 0.3) is 0 Å². The fourth-order valence-electron chi connectivity index (χ4n) is 2.15. The van der Waals surface area contributed by atoms with Gasteiger partial charge in [-0.05, 0) is 47.1 Å². The molecule has 0 bridgehead atoms. The number of aromatic nitrogens is 1. The minimum Gasteiger partial charge on any atom is -0.310 e. The molecule has 2 nitrogen and oxygen atoms in total. The minimum atomic E-state index is -0.379. The van der Waals surface area contributed by atoms with Gasteiger partial charge in [0.15, 0.2) is 0 Å². The van der Waals surface area contributed by atoms with Gasteiger partial charge in [-0.15, -0.1) is 0 Å². The van der Waals surface area contributed by atoms with Gasteiger partial charge >= 0.3 is 0 Å². The lowest BCUT2D eigenvalue weighted by molar-refractivity contribution is 0.493. The molecule has 1 atom stereocenters. The zero-order chi connectivity index (χ0) is 15.2. The average Bonchev–Trinajstić information content (AvgIpc) is 2.51. The molecule has 1 N–H and O–H groups in total. The van der Waals surface area contributed by atoms with Gasteiger partial charge in [-0.1, -0.05) is 30.7 Å². The molecule has 2 rings (SSSR count). The van der Waals surface area contributed by atoms with Gasteiger partial charge in [0.1, 0.15) is 5.82 Å². The third-order valence-corrected chi connectivity index (χ3v) is 4.48. The highest BCUT2D eigenvalue weighted by molar-refractivity contribution is 9.10. The van der Waals surface area contributed by atoms with E-state index in [9.17, 15) is 4.39 Å². The Labute approximate surface area is 137 Å². The highest BCUT2D eigenvalue weighted by Crippen LogP contribution is 2.31. The highest BCUT2D eigenvalue weighted by atomic mass is 79.9. The van der Waals surface area contributed by atoms with Crippen LogP contribution in [-0.4, -0.2) is 11.5 Å². The Balaban J connectivity index is 2.29. The standard InChI is InChI=1S/C16H17BrClFN2/c1-2-8-21-14(10-11-5-3-4-9-20-11)12-6-7-13(17)15(18)16(12)19/h3-7,9,14,21H,2,8,10H2,1H3. The summed E-state index contributed by atoms with van der Waals surface area (Å²) in [6.07, 6.45) is 3.34. The molecule has 112 valence electrons. The monoisotopic (exact) mass is 370 g/mol. The lowest BCUT2D eigenvalue weighted by atomic mass is 10.0. The van der Waals surface area contributed by atoms with Gasteiger partial charge < -0.3 is 5.32 Å². The van der Waals surface area contributed by atoms with E-state index in [2.05, 4.69) is 33.2 Å². The maximum absolute atomic E-state index is 14.4. The van der Waals surface area contributed by atoms with Crippen molar-refractivity contribution in [2.75, 3.05) is 6.54 Å². The van der Waals surface area contributed by atoms with Crippen LogP contribution in [0.15, 0.2) is 41.0 Å². The molecule has 1 aromatic heterocycles. The number of hydrogen-bond acceptors (Lipinski definition) is 2. The second-order valence-corrected chi connectivity index (χ2v) is 6.03. The molecule has 2 aromatic rings. The van der Waals surface area contributed by atoms with Gasteiger partial charge in [-0.2, -0.15) is 0 Å². The first-order valence-electron chi connectivity index (χ1n) is 6.90. The summed E-state index contributed by atoms with van der Waals surface area (Å²) in [5.74, 6) is -0.379. The number of pyridine rings is 1. The van der Waals surface area contributed by atoms with Crippen molar-refractivity contribution in [1.29, 1.82) is 0 Å². The normalized spacial score (nSPS) is 12.4. The summed E-state index contributed by atoms with van der Waals surface area (Å²) in [5, 5.41) is 3.49. The fourth-order valence-corrected chi connectivity index (χ4v) is 2.63. The molecule has 0 spiro atoms. The van der Waals surface area contributed by atoms with Gasteiger partial charge in [-0.25, -0.2) is 4.39 Å². The summed E-state index contributed by atoms with van der Waals surface area (Å²) >= 11 is 9.24. The molecule has 1 unspecified atom stereocenters. The van der Waals surface area contributed by atoms with E-state index in [4.69, 9.17) is 11.6 Å². The predicted octanol–water partition coefficient (Wildman–Crippen LogP) is 4.92. The maximum atomic E-state index is 14.4. The summed E-state index contributed by atoms with van der Waals surface area (Å²) in [4.78, 5) is 4.32. The molecule has 0 aliphatic heterocycles. The Kier molecular flexibility index (Phi) is 6.15. The fraction of sp³-hybridized carbons (Fsp3) is 0.312. The quantitative estimate of drug-likeness (QED) is 0.729. The van der Waals surface area contributed by atoms with E-state index in [1.807, 2.05) is 18.2 Å². The van der Waals surface area contributed by atoms with E-state index in [0.717, 1.165) is 18.7 Å². The Morgan fingerprint density at radius 1 is 1.33 bits per heavy atom. The maximum Gasteiger partial charge on any atom is 0.147 e. The molecule has 0 fully saturated rings. The highest BCUT2D eigenvalue weighted by Gasteiger charge is 2.19. The number of benzene rings is 1. The topological polar surface area (TPSA) is 24.9 Å². The molecule has 0 saturated heterocycles. The number of nitrogens with one attached hydrogen (secondary N) is 1. The first-order valence-corrected chi connectivity index (χ1v) is 8.07. The first-order chi connectivity index (χ1) is 10.1. The van der Waals surface area contributed by atoms with Crippen molar-refractivity contribution in [2.24, 2.45) is 0 Å². The van der Waals surface area contributed by atoms with Crippen LogP contribution in [0.4, 0.5) is 4.39 Å². The largest absolute Gasteiger partial charge is 0.310 e. The van der Waals surface area contributed by atoms with Crippen LogP contribution in [0.2, 0.25) is 5.02 Å². The summed E-state index contributed by atoms with van der Waals surface area (Å²) in [5.41, 5.74) is 1.49. The van der Waals surface area contributed by atoms with Crippen LogP contribution in [-0.2, 0) is 6.42 Å². The van der Waals surface area contributed by atoms with E-state index in [1.165, 1.54) is 0 Å². The molecular formula is C16H17BrClFN2. The molecular weight excluding hydrogens is 355 g/mol. The third kappa shape index (κ3) is 4.25. The van der Waals surface area contributed by atoms with E-state index in [-0.39, 0.29) is 16.9 Å². The SMILES string of the molecule is CCCNC(Cc1ccccn1)c1ccc(Br)c(Cl)c1F. The van der Waals surface area contributed by atoms with Crippen LogP contribution < -0.4 is 5.32 Å². The first kappa shape index (κ1) is 16.4. The summed E-state index contributed by atoms with van der Waals surface area (Å²) in [6.45, 7) is 2.89. The summed E-state index contributed by atoms with van der Waals surface area (Å²) in [7, 11) is 0. The molecule has 0 saturated carbocycles. The van der Waals surface area contributed by atoms with Gasteiger partial charge in [0, 0.05) is 34.4 Å². The Hall–Kier alpha value is -0.970. The van der Waals surface area contributed by atoms with Crippen LogP contribution in [0.3, 0.4) is 0 Å². The average molecular weight is 372 g/mol. The molecule has 0 radical (unpaired) electrons. The van der Waals surface area contributed by atoms with Gasteiger partial charge in [0.05, 0.1) is 5.02 Å². The van der Waals surface area contributed by atoms with Crippen molar-refractivity contribution in [3.05, 3.63) is 63.1 Å². The third-order valence-electron chi connectivity index (χ3n) is 3.22. The van der Waals surface area contributed by atoms with Crippen LogP contribution >= 0.6 is 27.5 Å². The van der Waals surface area contributed by atoms with E-state index in [1.54, 1.807) is 18.3 Å². The van der Waals surface area contributed by atoms with Crippen molar-refractivity contribution in [2.45, 2.75) is 25.8 Å². The summed E-state index contributed by atoms with van der Waals surface area (Å²) < 4.78 is 15.0. The van der Waals surface area contributed by atoms with Crippen LogP contribution in [0, 0.1) is 5.82 Å². The minimum absolute atomic E-state index is 0.122. The van der Waals surface area contributed by atoms with Gasteiger partial charge in [-0.3, -0.25) is 4.98 Å². The second kappa shape index (κ2) is 7.87. The smallest absolute Gasteiger partial charge is 0.147 e.